The van der Waals surface area contributed by atoms with E-state index in [1.165, 1.54) is 11.3 Å². The van der Waals surface area contributed by atoms with Gasteiger partial charge in [0, 0.05) is 1.43 Å². The molecule has 5 heteroatoms. The van der Waals surface area contributed by atoms with E-state index in [1.54, 1.807) is 0 Å². The van der Waals surface area contributed by atoms with E-state index in [0.717, 1.165) is 10.2 Å². The lowest BCUT2D eigenvalue weighted by molar-refractivity contribution is 0.210. The fourth-order valence-corrected chi connectivity index (χ4v) is 1.87. The molecule has 1 aromatic carbocycles. The number of thiazole rings is 1. The molecule has 0 fully saturated rings. The maximum atomic E-state index is 10.3. The number of aromatic nitrogens is 1. The van der Waals surface area contributed by atoms with E-state index in [2.05, 4.69) is 10.3 Å². The molecular weight excluding hydrogens is 188 g/mol. The first-order valence-corrected chi connectivity index (χ1v) is 4.43. The van der Waals surface area contributed by atoms with Crippen LogP contribution in [0.5, 0.6) is 0 Å². The molecule has 68 valence electrons. The number of hydrogen-bond donors (Lipinski definition) is 2. The number of benzene rings is 1. The molecule has 1 heterocycles. The summed E-state index contributed by atoms with van der Waals surface area (Å²) in [5, 5.41) is 11.1. The van der Waals surface area contributed by atoms with Gasteiger partial charge in [-0.3, -0.25) is 5.32 Å². The number of fused-ring (bicyclic) bond motifs is 1. The Morgan fingerprint density at radius 2 is 2.31 bits per heavy atom. The van der Waals surface area contributed by atoms with Gasteiger partial charge in [-0.2, -0.15) is 0 Å². The molecule has 0 unspecified atom stereocenters. The van der Waals surface area contributed by atoms with Crippen LogP contribution in [0.15, 0.2) is 24.3 Å². The molecule has 0 spiro atoms. The first kappa shape index (κ1) is 8.00. The molecule has 1 amide bonds. The van der Waals surface area contributed by atoms with Crippen LogP contribution in [0.3, 0.4) is 0 Å². The Morgan fingerprint density at radius 1 is 1.54 bits per heavy atom. The van der Waals surface area contributed by atoms with Crippen molar-refractivity contribution in [2.45, 2.75) is 0 Å². The zero-order valence-corrected chi connectivity index (χ0v) is 7.34. The summed E-state index contributed by atoms with van der Waals surface area (Å²) >= 11 is 1.32. The number of carboxylic acid groups (broad SMARTS) is 1. The highest BCUT2D eigenvalue weighted by molar-refractivity contribution is 7.22. The lowest BCUT2D eigenvalue weighted by Crippen LogP contribution is -2.06. The molecule has 0 bridgehead atoms. The number of nitrogens with zero attached hydrogens (tertiary/aromatic N) is 1. The van der Waals surface area contributed by atoms with Gasteiger partial charge in [-0.25, -0.2) is 9.78 Å². The Hall–Kier alpha value is -1.62. The van der Waals surface area contributed by atoms with Crippen molar-refractivity contribution in [2.24, 2.45) is 0 Å². The van der Waals surface area contributed by atoms with E-state index in [1.807, 2.05) is 24.3 Å². The average molecular weight is 196 g/mol. The van der Waals surface area contributed by atoms with Gasteiger partial charge >= 0.3 is 6.09 Å². The summed E-state index contributed by atoms with van der Waals surface area (Å²) in [6, 6.07) is 7.51. The van der Waals surface area contributed by atoms with Gasteiger partial charge in [-0.15, -0.1) is 0 Å². The number of hydrogen-bond acceptors (Lipinski definition) is 3. The number of nitrogens with one attached hydrogen (secondary N) is 1. The number of carbonyl (C=O) groups is 1. The quantitative estimate of drug-likeness (QED) is 0.737. The Morgan fingerprint density at radius 3 is 3.00 bits per heavy atom. The summed E-state index contributed by atoms with van der Waals surface area (Å²) in [6.07, 6.45) is -1.08. The van der Waals surface area contributed by atoms with Gasteiger partial charge in [0.2, 0.25) is 0 Å². The minimum absolute atomic E-state index is 0. The molecule has 4 nitrogen and oxygen atoms in total. The highest BCUT2D eigenvalue weighted by Gasteiger charge is 2.04. The zero-order valence-electron chi connectivity index (χ0n) is 6.52. The molecule has 0 radical (unpaired) electrons. The van der Waals surface area contributed by atoms with Crippen LogP contribution < -0.4 is 5.32 Å². The van der Waals surface area contributed by atoms with Crippen LogP contribution in [0.4, 0.5) is 9.93 Å². The molecular formula is C8H8N2O2S. The van der Waals surface area contributed by atoms with Gasteiger partial charge < -0.3 is 5.11 Å². The molecule has 0 saturated heterocycles. The van der Waals surface area contributed by atoms with Crippen molar-refractivity contribution in [3.63, 3.8) is 0 Å². The van der Waals surface area contributed by atoms with Crippen LogP contribution in [0.1, 0.15) is 1.43 Å². The summed E-state index contributed by atoms with van der Waals surface area (Å²) in [6.45, 7) is 0. The third-order valence-electron chi connectivity index (χ3n) is 1.51. The van der Waals surface area contributed by atoms with E-state index >= 15 is 0 Å². The third-order valence-corrected chi connectivity index (χ3v) is 2.46. The molecule has 2 N–H and O–H groups in total. The zero-order chi connectivity index (χ0) is 9.26. The van der Waals surface area contributed by atoms with E-state index in [4.69, 9.17) is 5.11 Å². The van der Waals surface area contributed by atoms with Crippen LogP contribution in [-0.2, 0) is 0 Å². The average Bonchev–Trinajstić information content (AvgIpc) is 2.44. The van der Waals surface area contributed by atoms with Crippen molar-refractivity contribution in [1.82, 2.24) is 4.98 Å². The summed E-state index contributed by atoms with van der Waals surface area (Å²) in [4.78, 5) is 14.4. The van der Waals surface area contributed by atoms with Crippen LogP contribution in [0.25, 0.3) is 10.2 Å². The fraction of sp³-hybridized carbons (Fsp3) is 0. The second-order valence-corrected chi connectivity index (χ2v) is 3.45. The Kier molecular flexibility index (Phi) is 1.86. The standard InChI is InChI=1S/C8H6N2O2S.H2/c11-8(12)10-7-9-5-3-1-2-4-6(5)13-7;/h1-4H,(H,9,10)(H,11,12);1H. The summed E-state index contributed by atoms with van der Waals surface area (Å²) in [5.74, 6) is 0. The van der Waals surface area contributed by atoms with Crippen molar-refractivity contribution in [3.05, 3.63) is 24.3 Å². The second-order valence-electron chi connectivity index (χ2n) is 2.42. The number of rotatable bonds is 1. The lowest BCUT2D eigenvalue weighted by atomic mass is 10.3. The minimum atomic E-state index is -1.08. The van der Waals surface area contributed by atoms with Crippen molar-refractivity contribution in [2.75, 3.05) is 5.32 Å². The second kappa shape index (κ2) is 3.02. The van der Waals surface area contributed by atoms with Crippen LogP contribution >= 0.6 is 11.3 Å². The molecule has 2 aromatic rings. The van der Waals surface area contributed by atoms with E-state index in [0.29, 0.717) is 5.13 Å². The normalized spacial score (nSPS) is 10.2. The molecule has 1 aromatic heterocycles. The van der Waals surface area contributed by atoms with Crippen molar-refractivity contribution in [3.8, 4) is 0 Å². The Labute approximate surface area is 79.3 Å². The number of anilines is 1. The lowest BCUT2D eigenvalue weighted by Gasteiger charge is -1.89. The fourth-order valence-electron chi connectivity index (χ4n) is 1.02. The molecule has 2 rings (SSSR count). The monoisotopic (exact) mass is 196 g/mol. The third kappa shape index (κ3) is 1.59. The van der Waals surface area contributed by atoms with Gasteiger partial charge in [-0.05, 0) is 12.1 Å². The molecule has 0 saturated carbocycles. The predicted molar refractivity (Wildman–Crippen MR) is 53.4 cm³/mol. The van der Waals surface area contributed by atoms with E-state index < -0.39 is 6.09 Å². The molecule has 0 aliphatic rings. The number of para-hydroxylation sites is 1. The smallest absolute Gasteiger partial charge is 0.410 e. The minimum Gasteiger partial charge on any atom is -0.465 e. The summed E-state index contributed by atoms with van der Waals surface area (Å²) in [7, 11) is 0. The highest BCUT2D eigenvalue weighted by atomic mass is 32.1. The van der Waals surface area contributed by atoms with Gasteiger partial charge in [0.15, 0.2) is 5.13 Å². The van der Waals surface area contributed by atoms with Crippen molar-refractivity contribution < 1.29 is 11.3 Å². The predicted octanol–water partition coefficient (Wildman–Crippen LogP) is 2.63. The maximum Gasteiger partial charge on any atom is 0.410 e. The van der Waals surface area contributed by atoms with Gasteiger partial charge in [0.1, 0.15) is 0 Å². The first-order valence-electron chi connectivity index (χ1n) is 3.61. The Bertz CT molecular complexity index is 424. The number of amides is 1. The van der Waals surface area contributed by atoms with Crippen molar-refractivity contribution in [1.29, 1.82) is 0 Å². The molecule has 0 aliphatic carbocycles. The largest absolute Gasteiger partial charge is 0.465 e. The van der Waals surface area contributed by atoms with Crippen LogP contribution in [0, 0.1) is 0 Å². The highest BCUT2D eigenvalue weighted by Crippen LogP contribution is 2.24. The van der Waals surface area contributed by atoms with E-state index in [-0.39, 0.29) is 1.43 Å². The Balaban J connectivity index is 0.000000980. The van der Waals surface area contributed by atoms with Gasteiger partial charge in [0.25, 0.3) is 0 Å². The van der Waals surface area contributed by atoms with Crippen molar-refractivity contribution >= 4 is 32.8 Å². The maximum absolute atomic E-state index is 10.3. The summed E-state index contributed by atoms with van der Waals surface area (Å²) in [5.41, 5.74) is 0.816. The van der Waals surface area contributed by atoms with Crippen LogP contribution in [-0.4, -0.2) is 16.2 Å². The van der Waals surface area contributed by atoms with Crippen LogP contribution in [0.2, 0.25) is 0 Å². The first-order chi connectivity index (χ1) is 6.25. The van der Waals surface area contributed by atoms with Gasteiger partial charge in [0.05, 0.1) is 10.2 Å². The molecule has 0 aliphatic heterocycles. The van der Waals surface area contributed by atoms with Gasteiger partial charge in [-0.1, -0.05) is 23.5 Å². The topological polar surface area (TPSA) is 62.2 Å². The summed E-state index contributed by atoms with van der Waals surface area (Å²) < 4.78 is 0.978. The molecule has 13 heavy (non-hydrogen) atoms. The van der Waals surface area contributed by atoms with E-state index in [9.17, 15) is 4.79 Å². The SMILES string of the molecule is O=C(O)Nc1nc2ccccc2s1.[HH]. The molecule has 0 atom stereocenters.